The fourth-order valence-electron chi connectivity index (χ4n) is 2.71. The first-order chi connectivity index (χ1) is 11.7. The van der Waals surface area contributed by atoms with E-state index in [0.717, 1.165) is 6.42 Å². The van der Waals surface area contributed by atoms with Gasteiger partial charge in [0.15, 0.2) is 0 Å². The van der Waals surface area contributed by atoms with Crippen LogP contribution >= 0.6 is 0 Å². The molecule has 3 heterocycles. The molecule has 0 aliphatic carbocycles. The molecular weight excluding hydrogens is 310 g/mol. The lowest BCUT2D eigenvalue weighted by molar-refractivity contribution is 0.0718. The highest BCUT2D eigenvalue weighted by molar-refractivity contribution is 5.95. The molecule has 0 atom stereocenters. The average molecular weight is 329 g/mol. The van der Waals surface area contributed by atoms with Gasteiger partial charge in [0.25, 0.3) is 11.8 Å². The number of H-pyrrole nitrogens is 1. The normalized spacial score (nSPS) is 15.0. The molecule has 8 nitrogen and oxygen atoms in total. The molecule has 0 saturated carbocycles. The van der Waals surface area contributed by atoms with Crippen molar-refractivity contribution >= 4 is 11.8 Å². The summed E-state index contributed by atoms with van der Waals surface area (Å²) in [5.41, 5.74) is 1.07. The van der Waals surface area contributed by atoms with E-state index in [0.29, 0.717) is 43.2 Å². The maximum atomic E-state index is 12.6. The van der Waals surface area contributed by atoms with Crippen LogP contribution in [0.3, 0.4) is 0 Å². The average Bonchev–Trinajstić information content (AvgIpc) is 3.05. The van der Waals surface area contributed by atoms with E-state index in [9.17, 15) is 9.59 Å². The second-order valence-electron chi connectivity index (χ2n) is 5.51. The Balaban J connectivity index is 1.66. The lowest BCUT2D eigenvalue weighted by Gasteiger charge is -2.22. The summed E-state index contributed by atoms with van der Waals surface area (Å²) < 4.78 is 5.06. The molecule has 24 heavy (non-hydrogen) atoms. The van der Waals surface area contributed by atoms with Crippen molar-refractivity contribution in [1.82, 2.24) is 25.0 Å². The second kappa shape index (κ2) is 7.12. The molecule has 3 rings (SSSR count). The van der Waals surface area contributed by atoms with Crippen LogP contribution in [-0.2, 0) is 0 Å². The van der Waals surface area contributed by atoms with Gasteiger partial charge in [-0.1, -0.05) is 0 Å². The van der Waals surface area contributed by atoms with Gasteiger partial charge in [-0.25, -0.2) is 4.98 Å². The Morgan fingerprint density at radius 3 is 2.46 bits per heavy atom. The van der Waals surface area contributed by atoms with Crippen LogP contribution in [0.15, 0.2) is 30.7 Å². The monoisotopic (exact) mass is 329 g/mol. The zero-order valence-corrected chi connectivity index (χ0v) is 13.4. The molecule has 126 valence electrons. The molecule has 1 fully saturated rings. The minimum atomic E-state index is -0.0756. The third-order valence-electron chi connectivity index (χ3n) is 4.01. The third kappa shape index (κ3) is 3.37. The predicted molar refractivity (Wildman–Crippen MR) is 85.8 cm³/mol. The van der Waals surface area contributed by atoms with E-state index >= 15 is 0 Å². The molecule has 0 radical (unpaired) electrons. The highest BCUT2D eigenvalue weighted by atomic mass is 16.5. The molecule has 1 aliphatic heterocycles. The number of pyridine rings is 1. The van der Waals surface area contributed by atoms with Gasteiger partial charge >= 0.3 is 0 Å². The van der Waals surface area contributed by atoms with Gasteiger partial charge in [0.1, 0.15) is 0 Å². The number of ether oxygens (including phenoxy) is 1. The summed E-state index contributed by atoms with van der Waals surface area (Å²) >= 11 is 0. The van der Waals surface area contributed by atoms with Gasteiger partial charge in [-0.05, 0) is 12.5 Å². The molecule has 0 aromatic carbocycles. The van der Waals surface area contributed by atoms with E-state index in [4.69, 9.17) is 4.74 Å². The highest BCUT2D eigenvalue weighted by Crippen LogP contribution is 2.14. The Morgan fingerprint density at radius 1 is 1.12 bits per heavy atom. The first-order valence-corrected chi connectivity index (χ1v) is 7.76. The number of nitrogens with one attached hydrogen (secondary N) is 1. The summed E-state index contributed by atoms with van der Waals surface area (Å²) in [4.78, 5) is 32.6. The number of aromatic amines is 1. The Kier molecular flexibility index (Phi) is 4.74. The zero-order chi connectivity index (χ0) is 16.9. The number of rotatable bonds is 3. The summed E-state index contributed by atoms with van der Waals surface area (Å²) in [5, 5.41) is 6.45. The summed E-state index contributed by atoms with van der Waals surface area (Å²) in [6.45, 7) is 2.22. The van der Waals surface area contributed by atoms with E-state index in [2.05, 4.69) is 15.2 Å². The SMILES string of the molecule is COc1cc(C(=O)N2CCCN(C(=O)c3cn[nH]c3)CC2)ccn1. The molecule has 0 unspecified atom stereocenters. The number of carbonyl (C=O) groups excluding carboxylic acids is 2. The first kappa shape index (κ1) is 16.0. The molecule has 2 amide bonds. The quantitative estimate of drug-likeness (QED) is 0.899. The molecule has 2 aromatic rings. The number of hydrogen-bond donors (Lipinski definition) is 1. The van der Waals surface area contributed by atoms with Gasteiger partial charge in [0.05, 0.1) is 18.9 Å². The van der Waals surface area contributed by atoms with Crippen LogP contribution < -0.4 is 4.74 Å². The number of methoxy groups -OCH3 is 1. The zero-order valence-electron chi connectivity index (χ0n) is 13.4. The van der Waals surface area contributed by atoms with Crippen molar-refractivity contribution in [2.75, 3.05) is 33.3 Å². The molecule has 2 aromatic heterocycles. The smallest absolute Gasteiger partial charge is 0.257 e. The van der Waals surface area contributed by atoms with Gasteiger partial charge < -0.3 is 14.5 Å². The lowest BCUT2D eigenvalue weighted by atomic mass is 10.2. The van der Waals surface area contributed by atoms with Crippen molar-refractivity contribution in [3.63, 3.8) is 0 Å². The number of amides is 2. The van der Waals surface area contributed by atoms with Crippen LogP contribution in [-0.4, -0.2) is 70.1 Å². The van der Waals surface area contributed by atoms with Crippen molar-refractivity contribution in [3.8, 4) is 5.88 Å². The van der Waals surface area contributed by atoms with Crippen molar-refractivity contribution in [2.24, 2.45) is 0 Å². The van der Waals surface area contributed by atoms with Crippen molar-refractivity contribution < 1.29 is 14.3 Å². The Bertz CT molecular complexity index is 716. The number of hydrogen-bond acceptors (Lipinski definition) is 5. The van der Waals surface area contributed by atoms with E-state index in [-0.39, 0.29) is 11.8 Å². The fraction of sp³-hybridized carbons (Fsp3) is 0.375. The standard InChI is InChI=1S/C16H19N5O3/c1-24-14-9-12(3-4-17-14)15(22)20-5-2-6-21(8-7-20)16(23)13-10-18-19-11-13/h3-4,9-11H,2,5-8H2,1H3,(H,18,19). The van der Waals surface area contributed by atoms with Crippen molar-refractivity contribution in [1.29, 1.82) is 0 Å². The van der Waals surface area contributed by atoms with Gasteiger partial charge in [-0.3, -0.25) is 14.7 Å². The van der Waals surface area contributed by atoms with Crippen molar-refractivity contribution in [2.45, 2.75) is 6.42 Å². The van der Waals surface area contributed by atoms with Crippen LogP contribution in [0.25, 0.3) is 0 Å². The molecule has 1 N–H and O–H groups in total. The van der Waals surface area contributed by atoms with Crippen LogP contribution in [0, 0.1) is 0 Å². The number of nitrogens with zero attached hydrogens (tertiary/aromatic N) is 4. The van der Waals surface area contributed by atoms with Gasteiger partial charge in [-0.2, -0.15) is 5.10 Å². The first-order valence-electron chi connectivity index (χ1n) is 7.76. The lowest BCUT2D eigenvalue weighted by Crippen LogP contribution is -2.37. The van der Waals surface area contributed by atoms with Crippen LogP contribution in [0.5, 0.6) is 5.88 Å². The molecule has 0 spiro atoms. The fourth-order valence-corrected chi connectivity index (χ4v) is 2.71. The summed E-state index contributed by atoms with van der Waals surface area (Å²) in [5.74, 6) is 0.268. The second-order valence-corrected chi connectivity index (χ2v) is 5.51. The minimum absolute atomic E-state index is 0.0661. The predicted octanol–water partition coefficient (Wildman–Crippen LogP) is 0.802. The number of carbonyl (C=O) groups is 2. The van der Waals surface area contributed by atoms with Crippen LogP contribution in [0.1, 0.15) is 27.1 Å². The maximum Gasteiger partial charge on any atom is 0.257 e. The van der Waals surface area contributed by atoms with E-state index < -0.39 is 0 Å². The van der Waals surface area contributed by atoms with E-state index in [1.165, 1.54) is 13.3 Å². The van der Waals surface area contributed by atoms with E-state index in [1.54, 1.807) is 34.3 Å². The largest absolute Gasteiger partial charge is 0.481 e. The van der Waals surface area contributed by atoms with Gasteiger partial charge in [0, 0.05) is 50.2 Å². The Labute approximate surface area is 139 Å². The van der Waals surface area contributed by atoms with Gasteiger partial charge in [-0.15, -0.1) is 0 Å². The maximum absolute atomic E-state index is 12.6. The van der Waals surface area contributed by atoms with E-state index in [1.807, 2.05) is 0 Å². The summed E-state index contributed by atoms with van der Waals surface area (Å²) in [6, 6.07) is 3.30. The topological polar surface area (TPSA) is 91.4 Å². The minimum Gasteiger partial charge on any atom is -0.481 e. The molecule has 0 bridgehead atoms. The summed E-state index contributed by atoms with van der Waals surface area (Å²) in [7, 11) is 1.52. The Morgan fingerprint density at radius 2 is 1.83 bits per heavy atom. The summed E-state index contributed by atoms with van der Waals surface area (Å²) in [6.07, 6.45) is 5.38. The molecule has 8 heteroatoms. The molecular formula is C16H19N5O3. The molecule has 1 aliphatic rings. The number of aromatic nitrogens is 3. The van der Waals surface area contributed by atoms with Crippen molar-refractivity contribution in [3.05, 3.63) is 41.9 Å². The molecule has 1 saturated heterocycles. The highest BCUT2D eigenvalue weighted by Gasteiger charge is 2.24. The van der Waals surface area contributed by atoms with Crippen LogP contribution in [0.4, 0.5) is 0 Å². The Hall–Kier alpha value is -2.90. The third-order valence-corrected chi connectivity index (χ3v) is 4.01. The van der Waals surface area contributed by atoms with Gasteiger partial charge in [0.2, 0.25) is 5.88 Å². The van der Waals surface area contributed by atoms with Crippen LogP contribution in [0.2, 0.25) is 0 Å².